The Balaban J connectivity index is 0.00000353. The minimum Gasteiger partial charge on any atom is -0.340 e. The highest BCUT2D eigenvalue weighted by Gasteiger charge is 2.35. The van der Waals surface area contributed by atoms with E-state index in [0.29, 0.717) is 22.5 Å². The molecule has 2 aromatic heterocycles. The molecule has 1 N–H and O–H groups in total. The van der Waals surface area contributed by atoms with Crippen LogP contribution >= 0.6 is 11.6 Å². The van der Waals surface area contributed by atoms with Crippen LogP contribution in [-0.2, 0) is 6.18 Å². The van der Waals surface area contributed by atoms with Crippen LogP contribution in [0.5, 0.6) is 0 Å². The van der Waals surface area contributed by atoms with E-state index >= 15 is 0 Å². The van der Waals surface area contributed by atoms with Crippen LogP contribution in [0.1, 0.15) is 34.8 Å². The van der Waals surface area contributed by atoms with Gasteiger partial charge in [0.2, 0.25) is 0 Å². The summed E-state index contributed by atoms with van der Waals surface area (Å²) >= 11 is 6.26. The first-order valence-corrected chi connectivity index (χ1v) is 12.0. The number of halogens is 4. The van der Waals surface area contributed by atoms with Crippen molar-refractivity contribution in [3.8, 4) is 16.9 Å². The second-order valence-corrected chi connectivity index (χ2v) is 8.83. The summed E-state index contributed by atoms with van der Waals surface area (Å²) in [5.41, 5.74) is 1.76. The van der Waals surface area contributed by atoms with Crippen LogP contribution < -0.4 is 5.32 Å². The van der Waals surface area contributed by atoms with Gasteiger partial charge in [-0.3, -0.25) is 9.78 Å². The molecule has 0 spiro atoms. The quantitative estimate of drug-likeness (QED) is 0.247. The van der Waals surface area contributed by atoms with E-state index in [-0.39, 0.29) is 18.1 Å². The van der Waals surface area contributed by atoms with Gasteiger partial charge in [-0.2, -0.15) is 18.3 Å². The molecule has 2 heterocycles. The van der Waals surface area contributed by atoms with E-state index in [2.05, 4.69) is 15.4 Å². The molecule has 0 saturated heterocycles. The predicted octanol–water partition coefficient (Wildman–Crippen LogP) is 7.37. The molecule has 1 atom stereocenters. The fourth-order valence-electron chi connectivity index (χ4n) is 4.06. The maximum atomic E-state index is 13.5. The molecule has 38 heavy (non-hydrogen) atoms. The second kappa shape index (κ2) is 10.5. The average molecular weight is 535 g/mol. The van der Waals surface area contributed by atoms with E-state index in [1.54, 1.807) is 60.8 Å². The Morgan fingerprint density at radius 1 is 0.895 bits per heavy atom. The van der Waals surface area contributed by atoms with Gasteiger partial charge in [-0.05, 0) is 48.0 Å². The summed E-state index contributed by atoms with van der Waals surface area (Å²) in [5.74, 6) is -0.355. The smallest absolute Gasteiger partial charge is 0.340 e. The van der Waals surface area contributed by atoms with Gasteiger partial charge in [0.1, 0.15) is 0 Å². The summed E-state index contributed by atoms with van der Waals surface area (Å²) in [7, 11) is 0. The fraction of sp³-hybridized carbons (Fsp3) is 0.0690. The summed E-state index contributed by atoms with van der Waals surface area (Å²) in [6, 6.07) is 28.2. The number of para-hydroxylation sites is 1. The van der Waals surface area contributed by atoms with E-state index in [4.69, 9.17) is 11.6 Å². The van der Waals surface area contributed by atoms with Crippen molar-refractivity contribution in [2.75, 3.05) is 0 Å². The van der Waals surface area contributed by atoms with Crippen molar-refractivity contribution in [3.63, 3.8) is 0 Å². The molecule has 0 saturated carbocycles. The molecule has 5 aromatic rings. The van der Waals surface area contributed by atoms with Crippen molar-refractivity contribution in [2.45, 2.75) is 12.2 Å². The first-order valence-electron chi connectivity index (χ1n) is 11.6. The van der Waals surface area contributed by atoms with Gasteiger partial charge in [-0.1, -0.05) is 72.3 Å². The van der Waals surface area contributed by atoms with E-state index in [0.717, 1.165) is 16.3 Å². The third-order valence-corrected chi connectivity index (χ3v) is 6.23. The number of carbonyl (C=O) groups excluding carboxylic acids is 1. The third-order valence-electron chi connectivity index (χ3n) is 5.92. The molecule has 5 rings (SSSR count). The molecule has 9 heteroatoms. The zero-order valence-electron chi connectivity index (χ0n) is 19.7. The summed E-state index contributed by atoms with van der Waals surface area (Å²) < 4.78 is 41.7. The number of nitrogens with one attached hydrogen (secondary N) is 1. The molecule has 0 aliphatic heterocycles. The van der Waals surface area contributed by atoms with Gasteiger partial charge in [-0.25, -0.2) is 4.68 Å². The number of nitrogens with zero attached hydrogens (tertiary/aromatic N) is 3. The zero-order chi connectivity index (χ0) is 26.7. The van der Waals surface area contributed by atoms with E-state index in [1.165, 1.54) is 0 Å². The van der Waals surface area contributed by atoms with E-state index in [1.807, 2.05) is 42.5 Å². The van der Waals surface area contributed by atoms with Crippen LogP contribution in [0.25, 0.3) is 16.9 Å². The Hall–Kier alpha value is -4.43. The molecule has 1 amide bonds. The number of alkyl halides is 3. The van der Waals surface area contributed by atoms with Crippen molar-refractivity contribution < 1.29 is 19.4 Å². The van der Waals surface area contributed by atoms with Crippen molar-refractivity contribution >= 4 is 17.5 Å². The zero-order valence-corrected chi connectivity index (χ0v) is 20.5. The average Bonchev–Trinajstić information content (AvgIpc) is 3.39. The Morgan fingerprint density at radius 3 is 2.24 bits per heavy atom. The third kappa shape index (κ3) is 5.31. The highest BCUT2D eigenvalue weighted by Crippen LogP contribution is 2.34. The minimum atomic E-state index is -4.64. The molecular weight excluding hydrogens is 513 g/mol. The number of pyridine rings is 1. The van der Waals surface area contributed by atoms with Crippen LogP contribution in [-0.4, -0.2) is 20.7 Å². The SMILES string of the molecule is O=C(NC(c1ccccc1)c1ccccn1)c1ccc(-c2cc(C(F)(F)F)nn2-c2ccccc2Cl)cc1.[HH]. The lowest BCUT2D eigenvalue weighted by atomic mass is 10.0. The van der Waals surface area contributed by atoms with Gasteiger partial charge in [0, 0.05) is 18.8 Å². The van der Waals surface area contributed by atoms with Gasteiger partial charge in [0.15, 0.2) is 5.69 Å². The summed E-state index contributed by atoms with van der Waals surface area (Å²) in [4.78, 5) is 17.6. The van der Waals surface area contributed by atoms with E-state index < -0.39 is 17.9 Å². The van der Waals surface area contributed by atoms with Crippen LogP contribution in [0.4, 0.5) is 13.2 Å². The number of aromatic nitrogens is 3. The molecule has 3 aromatic carbocycles. The largest absolute Gasteiger partial charge is 0.435 e. The van der Waals surface area contributed by atoms with Crippen LogP contribution in [0.15, 0.2) is 109 Å². The lowest BCUT2D eigenvalue weighted by molar-refractivity contribution is -0.141. The molecule has 0 aliphatic rings. The molecule has 0 aliphatic carbocycles. The monoisotopic (exact) mass is 534 g/mol. The normalized spacial score (nSPS) is 12.2. The second-order valence-electron chi connectivity index (χ2n) is 8.42. The minimum absolute atomic E-state index is 0. The van der Waals surface area contributed by atoms with E-state index in [9.17, 15) is 18.0 Å². The number of hydrogen-bond acceptors (Lipinski definition) is 3. The van der Waals surface area contributed by atoms with Crippen molar-refractivity contribution in [1.82, 2.24) is 20.1 Å². The number of rotatable bonds is 6. The molecule has 0 bridgehead atoms. The Bertz CT molecular complexity index is 1520. The molecule has 192 valence electrons. The first kappa shape index (κ1) is 25.2. The summed E-state index contributed by atoms with van der Waals surface area (Å²) in [5, 5.41) is 7.04. The predicted molar refractivity (Wildman–Crippen MR) is 141 cm³/mol. The topological polar surface area (TPSA) is 59.8 Å². The number of amides is 1. The number of carbonyl (C=O) groups is 1. The highest BCUT2D eigenvalue weighted by atomic mass is 35.5. The Kier molecular flexibility index (Phi) is 6.98. The summed E-state index contributed by atoms with van der Waals surface area (Å²) in [6.07, 6.45) is -2.98. The highest BCUT2D eigenvalue weighted by molar-refractivity contribution is 6.32. The van der Waals surface area contributed by atoms with Crippen LogP contribution in [0, 0.1) is 0 Å². The fourth-order valence-corrected chi connectivity index (χ4v) is 4.28. The van der Waals surface area contributed by atoms with Gasteiger partial charge in [0.05, 0.1) is 28.1 Å². The molecule has 5 nitrogen and oxygen atoms in total. The first-order chi connectivity index (χ1) is 18.3. The van der Waals surface area contributed by atoms with Gasteiger partial charge in [0.25, 0.3) is 5.91 Å². The maximum absolute atomic E-state index is 13.5. The van der Waals surface area contributed by atoms with Gasteiger partial charge >= 0.3 is 6.18 Å². The Labute approximate surface area is 223 Å². The summed E-state index contributed by atoms with van der Waals surface area (Å²) in [6.45, 7) is 0. The van der Waals surface area contributed by atoms with Crippen LogP contribution in [0.2, 0.25) is 5.02 Å². The van der Waals surface area contributed by atoms with Crippen LogP contribution in [0.3, 0.4) is 0 Å². The number of hydrogen-bond donors (Lipinski definition) is 1. The maximum Gasteiger partial charge on any atom is 0.435 e. The number of benzene rings is 3. The van der Waals surface area contributed by atoms with Gasteiger partial charge < -0.3 is 5.32 Å². The van der Waals surface area contributed by atoms with Crippen molar-refractivity contribution in [3.05, 3.63) is 137 Å². The standard InChI is InChI=1S/C29H20ClF3N4O.H2/c30-22-10-4-5-12-24(22)37-25(18-26(36-37)29(31,32)33)19-13-15-21(16-14-19)28(38)35-27(20-8-2-1-3-9-20)23-11-6-7-17-34-23;/h1-18,27H,(H,35,38);1H. The van der Waals surface area contributed by atoms with Crippen molar-refractivity contribution in [1.29, 1.82) is 0 Å². The van der Waals surface area contributed by atoms with Gasteiger partial charge in [-0.15, -0.1) is 0 Å². The van der Waals surface area contributed by atoms with Crippen molar-refractivity contribution in [2.24, 2.45) is 0 Å². The molecule has 0 fully saturated rings. The lowest BCUT2D eigenvalue weighted by Gasteiger charge is -2.19. The molecular formula is C29H22ClF3N4O. The Morgan fingerprint density at radius 2 is 1.58 bits per heavy atom. The molecule has 1 unspecified atom stereocenters. The lowest BCUT2D eigenvalue weighted by Crippen LogP contribution is -2.29. The molecule has 0 radical (unpaired) electrons.